The van der Waals surface area contributed by atoms with E-state index in [9.17, 15) is 0 Å². The van der Waals surface area contributed by atoms with Crippen molar-refractivity contribution >= 4 is 8.32 Å². The van der Waals surface area contributed by atoms with Crippen LogP contribution in [0, 0.1) is 0 Å². The molecule has 2 aromatic rings. The number of hydrogen-bond donors (Lipinski definition) is 1. The zero-order valence-electron chi connectivity index (χ0n) is 23.4. The summed E-state index contributed by atoms with van der Waals surface area (Å²) in [6.45, 7) is 20.0. The Morgan fingerprint density at radius 1 is 1.08 bits per heavy atom. The molecule has 1 aliphatic rings. The van der Waals surface area contributed by atoms with Gasteiger partial charge in [0.25, 0.3) is 0 Å². The fourth-order valence-corrected chi connectivity index (χ4v) is 6.19. The molecule has 0 saturated carbocycles. The van der Waals surface area contributed by atoms with Gasteiger partial charge in [0, 0.05) is 12.0 Å². The highest BCUT2D eigenvalue weighted by atomic mass is 28.4. The molecule has 0 bridgehead atoms. The van der Waals surface area contributed by atoms with Crippen molar-refractivity contribution < 1.29 is 13.9 Å². The fourth-order valence-electron chi connectivity index (χ4n) is 4.80. The van der Waals surface area contributed by atoms with E-state index in [2.05, 4.69) is 103 Å². The van der Waals surface area contributed by atoms with Crippen molar-refractivity contribution in [3.05, 3.63) is 77.9 Å². The largest absolute Gasteiger partial charge is 0.491 e. The lowest BCUT2D eigenvalue weighted by Gasteiger charge is -2.42. The van der Waals surface area contributed by atoms with Gasteiger partial charge in [-0.3, -0.25) is 0 Å². The number of aryl methyl sites for hydroxylation is 1. The lowest BCUT2D eigenvalue weighted by atomic mass is 9.88. The molecule has 0 saturated heterocycles. The number of benzene rings is 2. The van der Waals surface area contributed by atoms with Crippen LogP contribution in [0.5, 0.6) is 5.75 Å². The van der Waals surface area contributed by atoms with Gasteiger partial charge in [-0.1, -0.05) is 63.2 Å². The third-order valence-electron chi connectivity index (χ3n) is 7.77. The Morgan fingerprint density at radius 2 is 1.78 bits per heavy atom. The molecule has 2 N–H and O–H groups in total. The highest BCUT2D eigenvalue weighted by molar-refractivity contribution is 6.74. The van der Waals surface area contributed by atoms with Crippen LogP contribution in [0.25, 0.3) is 0 Å². The second-order valence-electron chi connectivity index (χ2n) is 11.9. The Hall–Kier alpha value is -1.92. The van der Waals surface area contributed by atoms with Gasteiger partial charge in [-0.15, -0.1) is 6.58 Å². The number of nitrogens with two attached hydrogens (primary N) is 1. The first kappa shape index (κ1) is 28.6. The summed E-state index contributed by atoms with van der Waals surface area (Å²) in [5, 5.41) is 0.110. The number of rotatable bonds is 12. The zero-order chi connectivity index (χ0) is 26.5. The molecule has 1 aliphatic carbocycles. The molecular formula is C31H47NO3Si. The highest BCUT2D eigenvalue weighted by Gasteiger charge is 2.43. The van der Waals surface area contributed by atoms with Gasteiger partial charge < -0.3 is 19.6 Å². The van der Waals surface area contributed by atoms with Crippen LogP contribution in [0.4, 0.5) is 0 Å². The topological polar surface area (TPSA) is 53.7 Å². The maximum atomic E-state index is 7.18. The first-order valence-electron chi connectivity index (χ1n) is 13.4. The second kappa shape index (κ2) is 12.1. The Bertz CT molecular complexity index is 983. The quantitative estimate of drug-likeness (QED) is 0.237. The summed E-state index contributed by atoms with van der Waals surface area (Å²) in [4.78, 5) is 0. The average molecular weight is 510 g/mol. The molecule has 5 heteroatoms. The van der Waals surface area contributed by atoms with Gasteiger partial charge in [0.2, 0.25) is 0 Å². The van der Waals surface area contributed by atoms with Crippen LogP contribution in [-0.4, -0.2) is 33.2 Å². The van der Waals surface area contributed by atoms with Crippen LogP contribution in [0.1, 0.15) is 76.2 Å². The number of fused-ring (bicyclic) bond motifs is 1. The van der Waals surface area contributed by atoms with Crippen molar-refractivity contribution in [1.29, 1.82) is 0 Å². The summed E-state index contributed by atoms with van der Waals surface area (Å²) in [6.07, 6.45) is 4.57. The molecule has 4 nitrogen and oxygen atoms in total. The summed E-state index contributed by atoms with van der Waals surface area (Å²) in [5.41, 5.74) is 10.9. The molecule has 0 aromatic heterocycles. The van der Waals surface area contributed by atoms with E-state index in [-0.39, 0.29) is 35.3 Å². The van der Waals surface area contributed by atoms with Crippen LogP contribution in [-0.2, 0) is 15.6 Å². The Labute approximate surface area is 220 Å². The van der Waals surface area contributed by atoms with Crippen LogP contribution < -0.4 is 10.5 Å². The van der Waals surface area contributed by atoms with E-state index in [1.165, 1.54) is 16.7 Å². The lowest BCUT2D eigenvalue weighted by molar-refractivity contribution is 0.0632. The van der Waals surface area contributed by atoms with Crippen molar-refractivity contribution in [3.63, 3.8) is 0 Å². The predicted molar refractivity (Wildman–Crippen MR) is 153 cm³/mol. The predicted octanol–water partition coefficient (Wildman–Crippen LogP) is 7.56. The van der Waals surface area contributed by atoms with E-state index in [1.807, 2.05) is 6.08 Å². The van der Waals surface area contributed by atoms with Crippen molar-refractivity contribution in [2.75, 3.05) is 6.61 Å². The maximum absolute atomic E-state index is 7.18. The number of hydrogen-bond acceptors (Lipinski definition) is 4. The molecule has 0 fully saturated rings. The monoisotopic (exact) mass is 509 g/mol. The molecular weight excluding hydrogens is 462 g/mol. The molecule has 0 amide bonds. The maximum Gasteiger partial charge on any atom is 0.192 e. The van der Waals surface area contributed by atoms with E-state index in [0.717, 1.165) is 25.0 Å². The minimum absolute atomic E-state index is 0.00444. The van der Waals surface area contributed by atoms with E-state index >= 15 is 0 Å². The van der Waals surface area contributed by atoms with E-state index in [0.29, 0.717) is 6.61 Å². The Kier molecular flexibility index (Phi) is 9.61. The minimum Gasteiger partial charge on any atom is -0.491 e. The summed E-state index contributed by atoms with van der Waals surface area (Å²) in [6, 6.07) is 16.9. The molecule has 36 heavy (non-hydrogen) atoms. The first-order valence-corrected chi connectivity index (χ1v) is 16.3. The van der Waals surface area contributed by atoms with Gasteiger partial charge in [-0.05, 0) is 80.1 Å². The van der Waals surface area contributed by atoms with Crippen LogP contribution in [0.2, 0.25) is 18.1 Å². The Morgan fingerprint density at radius 3 is 2.39 bits per heavy atom. The van der Waals surface area contributed by atoms with E-state index in [1.54, 1.807) is 0 Å². The van der Waals surface area contributed by atoms with Crippen molar-refractivity contribution in [2.45, 2.75) is 102 Å². The molecule has 4 atom stereocenters. The average Bonchev–Trinajstić information content (AvgIpc) is 3.17. The van der Waals surface area contributed by atoms with Gasteiger partial charge in [0.05, 0.1) is 24.9 Å². The van der Waals surface area contributed by atoms with E-state index in [4.69, 9.17) is 19.6 Å². The van der Waals surface area contributed by atoms with Crippen molar-refractivity contribution in [2.24, 2.45) is 5.73 Å². The fraction of sp³-hybridized carbons (Fsp3) is 0.548. The zero-order valence-corrected chi connectivity index (χ0v) is 24.4. The normalized spacial score (nSPS) is 19.7. The second-order valence-corrected chi connectivity index (χ2v) is 16.7. The smallest absolute Gasteiger partial charge is 0.192 e. The van der Waals surface area contributed by atoms with Gasteiger partial charge in [-0.25, -0.2) is 0 Å². The standard InChI is InChI=1S/C31H47NO3Si/c1-9-19-33-29-21-27(26-20-24(34-22(2)3)16-17-25(26)29)30(32)28(35-36(7,8)31(4,5)6)18-15-23-13-11-10-12-14-23/h9-14,16-17,20,22,27-30H,1,15,18-19,21,32H2,2-8H3/t27-,28+,29+,30?/m0/s1. The van der Waals surface area contributed by atoms with Crippen LogP contribution in [0.15, 0.2) is 61.2 Å². The number of ether oxygens (including phenoxy) is 2. The van der Waals surface area contributed by atoms with Gasteiger partial charge >= 0.3 is 0 Å². The molecule has 0 spiro atoms. The Balaban J connectivity index is 1.93. The molecule has 0 radical (unpaired) electrons. The van der Waals surface area contributed by atoms with Crippen LogP contribution in [0.3, 0.4) is 0 Å². The van der Waals surface area contributed by atoms with Crippen molar-refractivity contribution in [1.82, 2.24) is 0 Å². The third kappa shape index (κ3) is 7.10. The first-order chi connectivity index (χ1) is 16.9. The third-order valence-corrected chi connectivity index (χ3v) is 12.3. The summed E-state index contributed by atoms with van der Waals surface area (Å²) in [7, 11) is -2.03. The molecule has 2 aromatic carbocycles. The SMILES string of the molecule is C=CCO[C@@H]1C[C@H](C(N)[C@@H](CCc2ccccc2)O[Si](C)(C)C(C)(C)C)c2cc(OC(C)C)ccc21. The summed E-state index contributed by atoms with van der Waals surface area (Å²) in [5.74, 6) is 1.02. The van der Waals surface area contributed by atoms with Gasteiger partial charge in [0.1, 0.15) is 5.75 Å². The highest BCUT2D eigenvalue weighted by Crippen LogP contribution is 2.47. The summed E-state index contributed by atoms with van der Waals surface area (Å²) >= 11 is 0. The van der Waals surface area contributed by atoms with Crippen molar-refractivity contribution in [3.8, 4) is 5.75 Å². The lowest BCUT2D eigenvalue weighted by Crippen LogP contribution is -2.51. The molecule has 198 valence electrons. The minimum atomic E-state index is -2.03. The molecule has 0 heterocycles. The van der Waals surface area contributed by atoms with Gasteiger partial charge in [-0.2, -0.15) is 0 Å². The van der Waals surface area contributed by atoms with E-state index < -0.39 is 8.32 Å². The summed E-state index contributed by atoms with van der Waals surface area (Å²) < 4.78 is 19.3. The molecule has 1 unspecified atom stereocenters. The molecule has 0 aliphatic heterocycles. The van der Waals surface area contributed by atoms with Gasteiger partial charge in [0.15, 0.2) is 8.32 Å². The van der Waals surface area contributed by atoms with Crippen LogP contribution >= 0.6 is 0 Å². The molecule has 3 rings (SSSR count).